The molecule has 1 aliphatic rings. The third-order valence-corrected chi connectivity index (χ3v) is 4.95. The first kappa shape index (κ1) is 19.0. The third-order valence-electron chi connectivity index (χ3n) is 4.95. The van der Waals surface area contributed by atoms with Gasteiger partial charge in [-0.05, 0) is 36.4 Å². The van der Waals surface area contributed by atoms with Crippen LogP contribution >= 0.6 is 0 Å². The smallest absolute Gasteiger partial charge is 0.250 e. The Balaban J connectivity index is 1.29. The number of hydrogen-bond acceptors (Lipinski definition) is 5. The van der Waals surface area contributed by atoms with Crippen LogP contribution in [0.15, 0.2) is 52.9 Å². The van der Waals surface area contributed by atoms with E-state index in [0.29, 0.717) is 38.5 Å². The molecule has 6 nitrogen and oxygen atoms in total. The van der Waals surface area contributed by atoms with Gasteiger partial charge in [-0.3, -0.25) is 4.79 Å². The van der Waals surface area contributed by atoms with Crippen LogP contribution in [-0.2, 0) is 11.2 Å². The standard InChI is InChI=1S/C21H20F2N4O2/c22-15-5-7-16(8-6-15)26-11-13-27(14-12-26)20(28)10-9-19-24-25-21(29-19)17-3-1-2-4-18(17)23/h1-8H,9-14H2. The van der Waals surface area contributed by atoms with E-state index in [9.17, 15) is 13.6 Å². The molecule has 0 unspecified atom stereocenters. The van der Waals surface area contributed by atoms with Gasteiger partial charge in [0.05, 0.1) is 5.56 Å². The quantitative estimate of drug-likeness (QED) is 0.660. The van der Waals surface area contributed by atoms with Crippen molar-refractivity contribution in [3.05, 3.63) is 66.1 Å². The lowest BCUT2D eigenvalue weighted by molar-refractivity contribution is -0.131. The van der Waals surface area contributed by atoms with Gasteiger partial charge in [-0.1, -0.05) is 12.1 Å². The molecule has 4 rings (SSSR count). The van der Waals surface area contributed by atoms with E-state index in [0.717, 1.165) is 5.69 Å². The van der Waals surface area contributed by atoms with Crippen LogP contribution in [0.25, 0.3) is 11.5 Å². The van der Waals surface area contributed by atoms with E-state index in [1.807, 2.05) is 0 Å². The highest BCUT2D eigenvalue weighted by molar-refractivity contribution is 5.76. The number of nitrogens with zero attached hydrogens (tertiary/aromatic N) is 4. The first-order valence-corrected chi connectivity index (χ1v) is 9.46. The maximum Gasteiger partial charge on any atom is 0.250 e. The molecule has 1 amide bonds. The van der Waals surface area contributed by atoms with E-state index >= 15 is 0 Å². The summed E-state index contributed by atoms with van der Waals surface area (Å²) in [7, 11) is 0. The van der Waals surface area contributed by atoms with E-state index in [4.69, 9.17) is 4.42 Å². The van der Waals surface area contributed by atoms with Gasteiger partial charge in [0.2, 0.25) is 11.8 Å². The molecule has 0 atom stereocenters. The van der Waals surface area contributed by atoms with Crippen molar-refractivity contribution in [1.29, 1.82) is 0 Å². The number of amides is 1. The van der Waals surface area contributed by atoms with E-state index in [-0.39, 0.29) is 29.6 Å². The summed E-state index contributed by atoms with van der Waals surface area (Å²) in [6.07, 6.45) is 0.550. The number of anilines is 1. The highest BCUT2D eigenvalue weighted by atomic mass is 19.1. The van der Waals surface area contributed by atoms with Crippen LogP contribution in [0.2, 0.25) is 0 Å². The summed E-state index contributed by atoms with van der Waals surface area (Å²) in [5, 5.41) is 7.79. The molecule has 0 saturated carbocycles. The SMILES string of the molecule is O=C(CCc1nnc(-c2ccccc2F)o1)N1CCN(c2ccc(F)cc2)CC1. The Morgan fingerprint density at radius 1 is 0.966 bits per heavy atom. The molecule has 150 valence electrons. The molecular weight excluding hydrogens is 378 g/mol. The van der Waals surface area contributed by atoms with Gasteiger partial charge in [0.1, 0.15) is 11.6 Å². The minimum absolute atomic E-state index is 0.00870. The van der Waals surface area contributed by atoms with E-state index in [1.54, 1.807) is 35.2 Å². The number of halogens is 2. The van der Waals surface area contributed by atoms with Crippen molar-refractivity contribution in [2.24, 2.45) is 0 Å². The van der Waals surface area contributed by atoms with Crippen LogP contribution in [0.1, 0.15) is 12.3 Å². The van der Waals surface area contributed by atoms with Crippen molar-refractivity contribution in [3.8, 4) is 11.5 Å². The Morgan fingerprint density at radius 3 is 2.41 bits per heavy atom. The zero-order valence-electron chi connectivity index (χ0n) is 15.7. The van der Waals surface area contributed by atoms with Gasteiger partial charge in [0.25, 0.3) is 5.89 Å². The number of carbonyl (C=O) groups is 1. The maximum atomic E-state index is 13.8. The summed E-state index contributed by atoms with van der Waals surface area (Å²) in [5.41, 5.74) is 1.19. The van der Waals surface area contributed by atoms with Gasteiger partial charge >= 0.3 is 0 Å². The molecule has 8 heteroatoms. The van der Waals surface area contributed by atoms with Crippen LogP contribution in [0.5, 0.6) is 0 Å². The van der Waals surface area contributed by atoms with Crippen LogP contribution in [0, 0.1) is 11.6 Å². The molecule has 3 aromatic rings. The summed E-state index contributed by atoms with van der Waals surface area (Å²) in [5.74, 6) is -0.269. The van der Waals surface area contributed by atoms with E-state index in [1.165, 1.54) is 18.2 Å². The van der Waals surface area contributed by atoms with Gasteiger partial charge < -0.3 is 14.2 Å². The lowest BCUT2D eigenvalue weighted by atomic mass is 10.2. The van der Waals surface area contributed by atoms with Gasteiger partial charge in [0, 0.05) is 44.7 Å². The number of rotatable bonds is 5. The van der Waals surface area contributed by atoms with E-state index < -0.39 is 5.82 Å². The number of aryl methyl sites for hydroxylation is 1. The fourth-order valence-electron chi connectivity index (χ4n) is 3.34. The van der Waals surface area contributed by atoms with Crippen LogP contribution in [-0.4, -0.2) is 47.2 Å². The summed E-state index contributed by atoms with van der Waals surface area (Å²) < 4.78 is 32.4. The minimum Gasteiger partial charge on any atom is -0.421 e. The molecule has 2 aromatic carbocycles. The first-order valence-electron chi connectivity index (χ1n) is 9.46. The monoisotopic (exact) mass is 398 g/mol. The Labute approximate surface area is 166 Å². The number of benzene rings is 2. The average Bonchev–Trinajstić information content (AvgIpc) is 3.22. The molecule has 29 heavy (non-hydrogen) atoms. The molecule has 1 aliphatic heterocycles. The minimum atomic E-state index is -0.433. The van der Waals surface area contributed by atoms with Crippen molar-refractivity contribution in [1.82, 2.24) is 15.1 Å². The zero-order valence-corrected chi connectivity index (χ0v) is 15.7. The summed E-state index contributed by atoms with van der Waals surface area (Å²) in [6, 6.07) is 12.5. The Morgan fingerprint density at radius 2 is 1.69 bits per heavy atom. The molecule has 0 aliphatic carbocycles. The van der Waals surface area contributed by atoms with Crippen molar-refractivity contribution in [2.75, 3.05) is 31.1 Å². The van der Waals surface area contributed by atoms with Gasteiger partial charge in [-0.2, -0.15) is 0 Å². The largest absolute Gasteiger partial charge is 0.421 e. The molecule has 1 aromatic heterocycles. The summed E-state index contributed by atoms with van der Waals surface area (Å²) in [4.78, 5) is 16.4. The molecule has 1 saturated heterocycles. The predicted molar refractivity (Wildman–Crippen MR) is 103 cm³/mol. The summed E-state index contributed by atoms with van der Waals surface area (Å²) in [6.45, 7) is 2.58. The van der Waals surface area contributed by atoms with Crippen molar-refractivity contribution in [3.63, 3.8) is 0 Å². The predicted octanol–water partition coefficient (Wildman–Crippen LogP) is 3.30. The van der Waals surface area contributed by atoms with Crippen LogP contribution in [0.4, 0.5) is 14.5 Å². The third kappa shape index (κ3) is 4.42. The lowest BCUT2D eigenvalue weighted by Gasteiger charge is -2.36. The molecule has 1 fully saturated rings. The van der Waals surface area contributed by atoms with Crippen LogP contribution in [0.3, 0.4) is 0 Å². The number of piperazine rings is 1. The Hall–Kier alpha value is -3.29. The molecular formula is C21H20F2N4O2. The van der Waals surface area contributed by atoms with Gasteiger partial charge in [-0.15, -0.1) is 10.2 Å². The second-order valence-electron chi connectivity index (χ2n) is 6.83. The number of carbonyl (C=O) groups excluding carboxylic acids is 1. The average molecular weight is 398 g/mol. The van der Waals surface area contributed by atoms with Crippen molar-refractivity contribution < 1.29 is 18.0 Å². The number of hydrogen-bond donors (Lipinski definition) is 0. The summed E-state index contributed by atoms with van der Waals surface area (Å²) >= 11 is 0. The maximum absolute atomic E-state index is 13.8. The second kappa shape index (κ2) is 8.38. The Bertz CT molecular complexity index is 982. The lowest BCUT2D eigenvalue weighted by Crippen LogP contribution is -2.48. The molecule has 0 bridgehead atoms. The van der Waals surface area contributed by atoms with Gasteiger partial charge in [0.15, 0.2) is 0 Å². The van der Waals surface area contributed by atoms with Crippen LogP contribution < -0.4 is 4.90 Å². The molecule has 2 heterocycles. The Kier molecular flexibility index (Phi) is 5.50. The zero-order chi connectivity index (χ0) is 20.2. The highest BCUT2D eigenvalue weighted by Crippen LogP contribution is 2.22. The topological polar surface area (TPSA) is 62.5 Å². The fraction of sp³-hybridized carbons (Fsp3) is 0.286. The fourth-order valence-corrected chi connectivity index (χ4v) is 3.34. The van der Waals surface area contributed by atoms with Gasteiger partial charge in [-0.25, -0.2) is 8.78 Å². The van der Waals surface area contributed by atoms with Crippen molar-refractivity contribution in [2.45, 2.75) is 12.8 Å². The number of aromatic nitrogens is 2. The molecule has 0 spiro atoms. The molecule has 0 N–H and O–H groups in total. The van der Waals surface area contributed by atoms with Crippen molar-refractivity contribution >= 4 is 11.6 Å². The second-order valence-corrected chi connectivity index (χ2v) is 6.83. The normalized spacial score (nSPS) is 14.3. The van der Waals surface area contributed by atoms with E-state index in [2.05, 4.69) is 15.1 Å². The molecule has 0 radical (unpaired) electrons. The first-order chi connectivity index (χ1) is 14.1. The highest BCUT2D eigenvalue weighted by Gasteiger charge is 2.22.